The second kappa shape index (κ2) is 26.3. The molecule has 80 heavy (non-hydrogen) atoms. The number of fused-ring (bicyclic) bond motifs is 3. The van der Waals surface area contributed by atoms with E-state index in [0.29, 0.717) is 42.8 Å². The Labute approximate surface area is 488 Å². The van der Waals surface area contributed by atoms with Crippen LogP contribution in [0, 0.1) is 20.8 Å². The summed E-state index contributed by atoms with van der Waals surface area (Å²) in [6.45, 7) is 41.7. The first-order chi connectivity index (χ1) is 36.9. The van der Waals surface area contributed by atoms with E-state index in [0.717, 1.165) is 81.3 Å². The number of thiophene rings is 1. The van der Waals surface area contributed by atoms with Crippen LogP contribution in [0.15, 0.2) is 65.7 Å². The molecular formula is C61H91ClN8O7SSi2. The minimum atomic E-state index is -2.07. The zero-order chi connectivity index (χ0) is 59.9. The van der Waals surface area contributed by atoms with E-state index in [1.54, 1.807) is 11.3 Å². The lowest BCUT2D eigenvalue weighted by atomic mass is 9.99. The highest BCUT2D eigenvalue weighted by atomic mass is 35.5. The lowest BCUT2D eigenvalue weighted by Crippen LogP contribution is -2.45. The summed E-state index contributed by atoms with van der Waals surface area (Å²) in [6.07, 6.45) is 1.78. The quantitative estimate of drug-likeness (QED) is 0.0372. The van der Waals surface area contributed by atoms with E-state index in [9.17, 15) is 19.5 Å². The molecule has 6 rings (SSSR count). The molecule has 0 aliphatic carbocycles. The summed E-state index contributed by atoms with van der Waals surface area (Å²) in [5.41, 5.74) is 14.7. The van der Waals surface area contributed by atoms with Crippen LogP contribution in [0.2, 0.25) is 41.3 Å². The summed E-state index contributed by atoms with van der Waals surface area (Å²) in [5.74, 6) is 1.18. The highest BCUT2D eigenvalue weighted by molar-refractivity contribution is 7.15. The molecule has 19 heteroatoms. The number of nitrogens with one attached hydrogen (secondary N) is 2. The fourth-order valence-electron chi connectivity index (χ4n) is 8.50. The molecule has 0 fully saturated rings. The fraction of sp³-hybridized carbons (Fsp3) is 0.541. The first-order valence-electron chi connectivity index (χ1n) is 27.8. The summed E-state index contributed by atoms with van der Waals surface area (Å²) in [4.78, 5) is 45.5. The zero-order valence-corrected chi connectivity index (χ0v) is 54.8. The van der Waals surface area contributed by atoms with Crippen molar-refractivity contribution in [3.05, 3.63) is 121 Å². The number of aromatic nitrogens is 3. The minimum Gasteiger partial charge on any atom is -0.465 e. The lowest BCUT2D eigenvalue weighted by molar-refractivity contribution is -0.116. The Hall–Kier alpha value is -5.38. The number of hydrogen-bond donors (Lipinski definition) is 4. The number of carbonyl (C=O) groups is 3. The lowest BCUT2D eigenvalue weighted by Gasteiger charge is -2.36. The van der Waals surface area contributed by atoms with Crippen molar-refractivity contribution in [1.82, 2.24) is 25.0 Å². The number of nitrogens with zero attached hydrogens (tertiary/aromatic N) is 5. The molecule has 0 spiro atoms. The molecule has 438 valence electrons. The van der Waals surface area contributed by atoms with E-state index in [1.165, 1.54) is 15.3 Å². The molecule has 5 N–H and O–H groups in total. The van der Waals surface area contributed by atoms with Gasteiger partial charge in [0.05, 0.1) is 25.3 Å². The van der Waals surface area contributed by atoms with Crippen LogP contribution in [-0.4, -0.2) is 89.4 Å². The van der Waals surface area contributed by atoms with Gasteiger partial charge in [0.2, 0.25) is 5.91 Å². The van der Waals surface area contributed by atoms with Crippen LogP contribution in [-0.2, 0) is 44.4 Å². The zero-order valence-electron chi connectivity index (χ0n) is 51.2. The van der Waals surface area contributed by atoms with Crippen molar-refractivity contribution in [3.63, 3.8) is 0 Å². The summed E-state index contributed by atoms with van der Waals surface area (Å²) in [5, 5.41) is 26.3. The van der Waals surface area contributed by atoms with Crippen molar-refractivity contribution >= 4 is 74.8 Å². The number of halogens is 1. The molecular weight excluding hydrogens is 1080 g/mol. The van der Waals surface area contributed by atoms with E-state index in [1.807, 2.05) is 114 Å². The average Bonchev–Trinajstić information content (AvgIpc) is 3.81. The fourth-order valence-corrected chi connectivity index (χ4v) is 11.7. The second-order valence-corrected chi connectivity index (χ2v) is 37.3. The van der Waals surface area contributed by atoms with Crippen LogP contribution >= 0.6 is 22.9 Å². The van der Waals surface area contributed by atoms with E-state index in [-0.39, 0.29) is 22.4 Å². The number of benzene rings is 3. The molecule has 3 aromatic carbocycles. The molecule has 0 unspecified atom stereocenters. The number of alkyl carbamates (subject to hydrolysis) is 1. The SMILES string of the molecule is CC(C)(C)N(CCCc1ccc(N)cc1CO[Si](C)(C)C(C)(C)C)C(=O)O.Cc1sc2c(c1C)C(c1ccc(Cl)cc1)=N[C@@H](CC(=O)Nc1ccc(CCCNC(=O)OC(C)(C)C)c(CO[Si](C)(C)C(C)(C)C)c1)c1nnc(C)n1-2. The van der Waals surface area contributed by atoms with Crippen LogP contribution in [0.25, 0.3) is 5.00 Å². The van der Waals surface area contributed by atoms with Gasteiger partial charge in [-0.2, -0.15) is 0 Å². The highest BCUT2D eigenvalue weighted by Gasteiger charge is 2.39. The standard InChI is InChI=1S/C40H53ClN6O4SSi.C21H38N2O3Si/c1-24-25(2)52-37-34(24)35(28-14-17-30(41)18-15-28)44-32(36-46-45-26(3)47(36)37)22-33(48)43-31-19-16-27(13-12-20-42-38(49)51-39(4,5)6)29(21-31)23-50-53(10,11)40(7,8)9;1-20(2,3)23(19(24)25)13-9-10-16-11-12-18(22)14-17(16)15-26-27(7,8)21(4,5)6/h14-19,21,32H,12-13,20,22-23H2,1-11H3,(H,42,49)(H,43,48);11-12,14H,9-10,13,15,22H2,1-8H3,(H,24,25)/t32-;/m0./s1. The number of anilines is 2. The Morgan fingerprint density at radius 1 is 0.775 bits per heavy atom. The average molecular weight is 1170 g/mol. The van der Waals surface area contributed by atoms with Crippen LogP contribution in [0.5, 0.6) is 0 Å². The number of carboxylic acid groups (broad SMARTS) is 1. The van der Waals surface area contributed by atoms with Gasteiger partial charge in [0.15, 0.2) is 22.5 Å². The molecule has 1 aliphatic rings. The summed E-state index contributed by atoms with van der Waals surface area (Å²) in [7, 11) is -3.91. The summed E-state index contributed by atoms with van der Waals surface area (Å²) < 4.78 is 20.5. The van der Waals surface area contributed by atoms with Crippen molar-refractivity contribution < 1.29 is 33.1 Å². The molecule has 0 saturated heterocycles. The van der Waals surface area contributed by atoms with Crippen molar-refractivity contribution in [2.24, 2.45) is 4.99 Å². The van der Waals surface area contributed by atoms with Gasteiger partial charge < -0.3 is 40.0 Å². The van der Waals surface area contributed by atoms with Crippen molar-refractivity contribution in [1.29, 1.82) is 0 Å². The van der Waals surface area contributed by atoms with Crippen LogP contribution in [0.4, 0.5) is 21.0 Å². The molecule has 3 heterocycles. The van der Waals surface area contributed by atoms with Crippen LogP contribution in [0.3, 0.4) is 0 Å². The Bertz CT molecular complexity index is 3000. The predicted octanol–water partition coefficient (Wildman–Crippen LogP) is 15.3. The maximum absolute atomic E-state index is 13.9. The Morgan fingerprint density at radius 2 is 1.34 bits per heavy atom. The van der Waals surface area contributed by atoms with Crippen LogP contribution < -0.4 is 16.4 Å². The molecule has 0 radical (unpaired) electrons. The van der Waals surface area contributed by atoms with Gasteiger partial charge in [-0.25, -0.2) is 9.59 Å². The smallest absolute Gasteiger partial charge is 0.407 e. The maximum atomic E-state index is 13.9. The number of hydrogen-bond acceptors (Lipinski definition) is 11. The monoisotopic (exact) mass is 1170 g/mol. The van der Waals surface area contributed by atoms with E-state index in [2.05, 4.69) is 102 Å². The third-order valence-corrected chi connectivity index (χ3v) is 25.8. The molecule has 0 bridgehead atoms. The number of ether oxygens (including phenoxy) is 1. The maximum Gasteiger partial charge on any atom is 0.407 e. The number of nitrogens with two attached hydrogens (primary N) is 1. The third kappa shape index (κ3) is 17.6. The molecule has 5 aromatic rings. The predicted molar refractivity (Wildman–Crippen MR) is 333 cm³/mol. The topological polar surface area (TPSA) is 196 Å². The molecule has 15 nitrogen and oxygen atoms in total. The molecule has 3 amide bonds. The van der Waals surface area contributed by atoms with Crippen molar-refractivity contribution in [2.75, 3.05) is 24.1 Å². The summed E-state index contributed by atoms with van der Waals surface area (Å²) in [6, 6.07) is 19.0. The number of nitrogen functional groups attached to an aromatic ring is 1. The number of rotatable bonds is 18. The number of aryl methyl sites for hydroxylation is 4. The van der Waals surface area contributed by atoms with Gasteiger partial charge in [0.25, 0.3) is 0 Å². The van der Waals surface area contributed by atoms with Gasteiger partial charge in [-0.1, -0.05) is 77.4 Å². The van der Waals surface area contributed by atoms with Crippen molar-refractivity contribution in [3.8, 4) is 5.00 Å². The molecule has 0 saturated carbocycles. The highest BCUT2D eigenvalue weighted by Crippen LogP contribution is 2.41. The molecule has 1 aliphatic heterocycles. The van der Waals surface area contributed by atoms with Crippen molar-refractivity contribution in [2.45, 2.75) is 203 Å². The molecule has 1 atom stereocenters. The van der Waals surface area contributed by atoms with E-state index in [4.69, 9.17) is 35.9 Å². The third-order valence-electron chi connectivity index (χ3n) is 15.4. The largest absolute Gasteiger partial charge is 0.465 e. The number of carbonyl (C=O) groups excluding carboxylic acids is 2. The first kappa shape index (κ1) is 65.4. The van der Waals surface area contributed by atoms with Gasteiger partial charge >= 0.3 is 12.2 Å². The van der Waals surface area contributed by atoms with Gasteiger partial charge in [0.1, 0.15) is 22.5 Å². The number of amides is 3. The van der Waals surface area contributed by atoms with E-state index >= 15 is 0 Å². The number of aliphatic imine (C=N–C) groups is 1. The normalized spacial score (nSPS) is 14.0. The minimum absolute atomic E-state index is 0.0416. The Morgan fingerprint density at radius 3 is 1.89 bits per heavy atom. The first-order valence-corrected chi connectivity index (χ1v) is 34.8. The summed E-state index contributed by atoms with van der Waals surface area (Å²) >= 11 is 7.95. The molecule has 2 aromatic heterocycles. The van der Waals surface area contributed by atoms with Gasteiger partial charge in [-0.3, -0.25) is 14.4 Å². The van der Waals surface area contributed by atoms with Gasteiger partial charge in [0, 0.05) is 51.0 Å². The van der Waals surface area contributed by atoms with Crippen LogP contribution in [0.1, 0.15) is 164 Å². The van der Waals surface area contributed by atoms with Gasteiger partial charge in [-0.15, -0.1) is 21.5 Å². The Kier molecular flexibility index (Phi) is 21.5. The second-order valence-electron chi connectivity index (χ2n) is 26.0. The Balaban J connectivity index is 0.000000367. The van der Waals surface area contributed by atoms with E-state index < -0.39 is 46.0 Å². The van der Waals surface area contributed by atoms with Gasteiger partial charge in [-0.05, 0) is 188 Å².